The Labute approximate surface area is 157 Å². The van der Waals surface area contributed by atoms with Crippen LogP contribution in [0.2, 0.25) is 0 Å². The molecular formula is C22H19N3O2. The van der Waals surface area contributed by atoms with E-state index in [0.29, 0.717) is 6.61 Å². The molecule has 4 rings (SSSR count). The number of aromatic nitrogens is 3. The van der Waals surface area contributed by atoms with Crippen molar-refractivity contribution in [3.8, 4) is 28.5 Å². The van der Waals surface area contributed by atoms with Gasteiger partial charge >= 0.3 is 0 Å². The lowest BCUT2D eigenvalue weighted by Crippen LogP contribution is -2.01. The van der Waals surface area contributed by atoms with E-state index in [1.54, 1.807) is 12.4 Å². The molecular weight excluding hydrogens is 338 g/mol. The van der Waals surface area contributed by atoms with Crippen LogP contribution in [0.3, 0.4) is 0 Å². The van der Waals surface area contributed by atoms with E-state index < -0.39 is 0 Å². The average molecular weight is 357 g/mol. The Balaban J connectivity index is 1.31. The lowest BCUT2D eigenvalue weighted by molar-refractivity contribution is 0.321. The second kappa shape index (κ2) is 8.19. The van der Waals surface area contributed by atoms with Gasteiger partial charge in [0.25, 0.3) is 0 Å². The van der Waals surface area contributed by atoms with Crippen molar-refractivity contribution >= 4 is 0 Å². The van der Waals surface area contributed by atoms with Crippen molar-refractivity contribution in [3.63, 3.8) is 0 Å². The van der Waals surface area contributed by atoms with Crippen molar-refractivity contribution in [1.29, 1.82) is 0 Å². The van der Waals surface area contributed by atoms with Gasteiger partial charge in [0.05, 0.1) is 12.3 Å². The zero-order valence-electron chi connectivity index (χ0n) is 14.7. The fourth-order valence-corrected chi connectivity index (χ4v) is 2.69. The molecule has 0 atom stereocenters. The molecule has 0 unspecified atom stereocenters. The van der Waals surface area contributed by atoms with E-state index in [4.69, 9.17) is 9.47 Å². The van der Waals surface area contributed by atoms with Gasteiger partial charge in [0.2, 0.25) is 0 Å². The zero-order chi connectivity index (χ0) is 18.3. The van der Waals surface area contributed by atoms with Crippen molar-refractivity contribution in [3.05, 3.63) is 90.9 Å². The molecule has 2 heterocycles. The van der Waals surface area contributed by atoms with Crippen LogP contribution >= 0.6 is 0 Å². The summed E-state index contributed by atoms with van der Waals surface area (Å²) in [5.41, 5.74) is 3.21. The number of hydrogen-bond donors (Lipinski definition) is 1. The number of rotatable bonds is 7. The van der Waals surface area contributed by atoms with Crippen LogP contribution in [-0.4, -0.2) is 21.8 Å². The number of aromatic amines is 1. The Bertz CT molecular complexity index is 951. The van der Waals surface area contributed by atoms with Crippen molar-refractivity contribution in [1.82, 2.24) is 15.2 Å². The summed E-state index contributed by atoms with van der Waals surface area (Å²) in [4.78, 5) is 4.10. The van der Waals surface area contributed by atoms with E-state index in [0.717, 1.165) is 40.5 Å². The molecule has 134 valence electrons. The summed E-state index contributed by atoms with van der Waals surface area (Å²) in [5.74, 6) is 2.37. The third-order valence-electron chi connectivity index (χ3n) is 4.11. The number of H-pyrrole nitrogens is 1. The molecule has 2 aromatic heterocycles. The molecule has 1 N–H and O–H groups in total. The predicted octanol–water partition coefficient (Wildman–Crippen LogP) is 4.89. The van der Waals surface area contributed by atoms with E-state index >= 15 is 0 Å². The first-order valence-electron chi connectivity index (χ1n) is 8.76. The fraction of sp³-hybridized carbons (Fsp3) is 0.0909. The molecule has 2 aromatic carbocycles. The second-order valence-corrected chi connectivity index (χ2v) is 6.03. The number of nitrogens with one attached hydrogen (secondary N) is 1. The van der Waals surface area contributed by atoms with Gasteiger partial charge in [-0.3, -0.25) is 10.1 Å². The van der Waals surface area contributed by atoms with Crippen LogP contribution in [-0.2, 0) is 6.42 Å². The maximum Gasteiger partial charge on any atom is 0.127 e. The third-order valence-corrected chi connectivity index (χ3v) is 4.11. The highest BCUT2D eigenvalue weighted by molar-refractivity contribution is 5.59. The Morgan fingerprint density at radius 3 is 2.19 bits per heavy atom. The summed E-state index contributed by atoms with van der Waals surface area (Å²) in [6, 6.07) is 21.4. The number of pyridine rings is 1. The highest BCUT2D eigenvalue weighted by Crippen LogP contribution is 2.26. The van der Waals surface area contributed by atoms with Gasteiger partial charge in [-0.05, 0) is 71.8 Å². The summed E-state index contributed by atoms with van der Waals surface area (Å²) in [7, 11) is 0. The lowest BCUT2D eigenvalue weighted by atomic mass is 10.1. The molecule has 4 aromatic rings. The molecule has 0 spiro atoms. The molecule has 0 aliphatic carbocycles. The molecule has 0 saturated heterocycles. The van der Waals surface area contributed by atoms with Crippen molar-refractivity contribution in [2.75, 3.05) is 6.61 Å². The van der Waals surface area contributed by atoms with Crippen LogP contribution in [0.25, 0.3) is 11.3 Å². The average Bonchev–Trinajstić information content (AvgIpc) is 3.26. The van der Waals surface area contributed by atoms with E-state index in [1.165, 1.54) is 0 Å². The molecule has 0 saturated carbocycles. The Morgan fingerprint density at radius 2 is 1.52 bits per heavy atom. The van der Waals surface area contributed by atoms with E-state index in [9.17, 15) is 0 Å². The van der Waals surface area contributed by atoms with Crippen molar-refractivity contribution < 1.29 is 9.47 Å². The van der Waals surface area contributed by atoms with Crippen LogP contribution in [0.15, 0.2) is 85.3 Å². The predicted molar refractivity (Wildman–Crippen MR) is 104 cm³/mol. The molecule has 0 fully saturated rings. The first-order valence-corrected chi connectivity index (χ1v) is 8.76. The standard InChI is InChI=1S/C22H19N3O2/c1-2-17(16-23-13-1)12-15-26-19-7-9-21(10-8-19)27-20-5-3-18(4-6-20)22-11-14-24-25-22/h1-11,13-14,16H,12,15H2,(H,24,25). The third kappa shape index (κ3) is 4.52. The summed E-state index contributed by atoms with van der Waals surface area (Å²) >= 11 is 0. The smallest absolute Gasteiger partial charge is 0.127 e. The molecule has 0 radical (unpaired) electrons. The SMILES string of the molecule is c1cncc(CCOc2ccc(Oc3ccc(-c4ccn[nH]4)cc3)cc2)c1. The Morgan fingerprint density at radius 1 is 0.778 bits per heavy atom. The monoisotopic (exact) mass is 357 g/mol. The van der Waals surface area contributed by atoms with Crippen molar-refractivity contribution in [2.45, 2.75) is 6.42 Å². The van der Waals surface area contributed by atoms with Gasteiger partial charge in [-0.25, -0.2) is 0 Å². The minimum absolute atomic E-state index is 0.612. The maximum absolute atomic E-state index is 5.89. The summed E-state index contributed by atoms with van der Waals surface area (Å²) in [5, 5.41) is 6.91. The number of nitrogens with zero attached hydrogens (tertiary/aromatic N) is 2. The van der Waals surface area contributed by atoms with Gasteiger partial charge < -0.3 is 9.47 Å². The van der Waals surface area contributed by atoms with E-state index in [-0.39, 0.29) is 0 Å². The van der Waals surface area contributed by atoms with Gasteiger partial charge in [-0.1, -0.05) is 6.07 Å². The van der Waals surface area contributed by atoms with Gasteiger partial charge in [0.15, 0.2) is 0 Å². The number of ether oxygens (including phenoxy) is 2. The van der Waals surface area contributed by atoms with E-state index in [2.05, 4.69) is 15.2 Å². The molecule has 0 bridgehead atoms. The minimum Gasteiger partial charge on any atom is -0.493 e. The number of benzene rings is 2. The van der Waals surface area contributed by atoms with Gasteiger partial charge in [-0.2, -0.15) is 5.10 Å². The van der Waals surface area contributed by atoms with Crippen LogP contribution in [0, 0.1) is 0 Å². The summed E-state index contributed by atoms with van der Waals surface area (Å²) < 4.78 is 11.7. The maximum atomic E-state index is 5.89. The van der Waals surface area contributed by atoms with Crippen LogP contribution in [0.5, 0.6) is 17.2 Å². The van der Waals surface area contributed by atoms with Crippen LogP contribution < -0.4 is 9.47 Å². The van der Waals surface area contributed by atoms with Crippen LogP contribution in [0.1, 0.15) is 5.56 Å². The summed E-state index contributed by atoms with van der Waals surface area (Å²) in [6.07, 6.45) is 6.20. The zero-order valence-corrected chi connectivity index (χ0v) is 14.7. The molecule has 27 heavy (non-hydrogen) atoms. The number of hydrogen-bond acceptors (Lipinski definition) is 4. The van der Waals surface area contributed by atoms with Gasteiger partial charge in [0, 0.05) is 25.0 Å². The Kier molecular flexibility index (Phi) is 5.11. The normalized spacial score (nSPS) is 10.5. The van der Waals surface area contributed by atoms with E-state index in [1.807, 2.05) is 72.9 Å². The van der Waals surface area contributed by atoms with Gasteiger partial charge in [-0.15, -0.1) is 0 Å². The van der Waals surface area contributed by atoms with Gasteiger partial charge in [0.1, 0.15) is 17.2 Å². The lowest BCUT2D eigenvalue weighted by Gasteiger charge is -2.09. The highest BCUT2D eigenvalue weighted by atomic mass is 16.5. The first-order chi connectivity index (χ1) is 13.4. The highest BCUT2D eigenvalue weighted by Gasteiger charge is 2.02. The molecule has 0 aliphatic heterocycles. The topological polar surface area (TPSA) is 60.0 Å². The summed E-state index contributed by atoms with van der Waals surface area (Å²) in [6.45, 7) is 0.612. The minimum atomic E-state index is 0.612. The molecule has 5 nitrogen and oxygen atoms in total. The fourth-order valence-electron chi connectivity index (χ4n) is 2.69. The second-order valence-electron chi connectivity index (χ2n) is 6.03. The van der Waals surface area contributed by atoms with Crippen LogP contribution in [0.4, 0.5) is 0 Å². The van der Waals surface area contributed by atoms with Crippen molar-refractivity contribution in [2.24, 2.45) is 0 Å². The largest absolute Gasteiger partial charge is 0.493 e. The molecule has 0 amide bonds. The first kappa shape index (κ1) is 16.8. The molecule has 0 aliphatic rings. The quantitative estimate of drug-likeness (QED) is 0.512. The Hall–Kier alpha value is -3.60. The molecule has 5 heteroatoms.